The van der Waals surface area contributed by atoms with Gasteiger partial charge in [0.2, 0.25) is 5.91 Å². The predicted octanol–water partition coefficient (Wildman–Crippen LogP) is 3.03. The summed E-state index contributed by atoms with van der Waals surface area (Å²) in [5, 5.41) is 7.24. The van der Waals surface area contributed by atoms with Crippen LogP contribution in [0.25, 0.3) is 6.08 Å². The number of nitrogens with zero attached hydrogens (tertiary/aromatic N) is 3. The first-order valence-electron chi connectivity index (χ1n) is 9.19. The van der Waals surface area contributed by atoms with Crippen molar-refractivity contribution in [1.29, 1.82) is 0 Å². The number of halogens is 1. The van der Waals surface area contributed by atoms with Gasteiger partial charge < -0.3 is 5.32 Å². The van der Waals surface area contributed by atoms with Crippen LogP contribution in [0, 0.1) is 5.92 Å². The molecule has 1 aromatic heterocycles. The number of carbonyl (C=O) groups is 3. The molecule has 0 spiro atoms. The average Bonchev–Trinajstić information content (AvgIpc) is 3.31. The quantitative estimate of drug-likeness (QED) is 0.712. The molecule has 2 fully saturated rings. The van der Waals surface area contributed by atoms with Crippen molar-refractivity contribution in [2.24, 2.45) is 13.0 Å². The Labute approximate surface area is 177 Å². The molecule has 4 rings (SSSR count). The molecule has 0 bridgehead atoms. The van der Waals surface area contributed by atoms with E-state index in [9.17, 15) is 14.4 Å². The minimum atomic E-state index is -0.344. The summed E-state index contributed by atoms with van der Waals surface area (Å²) in [4.78, 5) is 38.5. The van der Waals surface area contributed by atoms with Crippen LogP contribution in [0.5, 0.6) is 0 Å². The summed E-state index contributed by atoms with van der Waals surface area (Å²) in [6.07, 6.45) is 6.17. The Morgan fingerprint density at radius 3 is 2.79 bits per heavy atom. The summed E-state index contributed by atoms with van der Waals surface area (Å²) in [6, 6.07) is 7.02. The molecule has 1 aromatic carbocycles. The zero-order chi connectivity index (χ0) is 20.5. The summed E-state index contributed by atoms with van der Waals surface area (Å²) in [6.45, 7) is 0.389. The maximum atomic E-state index is 12.5. The summed E-state index contributed by atoms with van der Waals surface area (Å²) >= 11 is 6.77. The zero-order valence-corrected chi connectivity index (χ0v) is 17.2. The summed E-state index contributed by atoms with van der Waals surface area (Å²) in [5.41, 5.74) is 1.86. The normalized spacial score (nSPS) is 22.4. The second-order valence-electron chi connectivity index (χ2n) is 7.07. The van der Waals surface area contributed by atoms with E-state index in [1.165, 1.54) is 0 Å². The van der Waals surface area contributed by atoms with Gasteiger partial charge in [0.1, 0.15) is 0 Å². The van der Waals surface area contributed by atoms with Gasteiger partial charge in [0.25, 0.3) is 11.1 Å². The smallest absolute Gasteiger partial charge is 0.293 e. The fraction of sp³-hybridized carbons (Fsp3) is 0.300. The van der Waals surface area contributed by atoms with Crippen molar-refractivity contribution in [3.05, 3.63) is 57.7 Å². The molecular formula is C20H19ClN4O3S. The van der Waals surface area contributed by atoms with Gasteiger partial charge in [0.15, 0.2) is 0 Å². The van der Waals surface area contributed by atoms with Crippen LogP contribution in [0.3, 0.4) is 0 Å². The lowest BCUT2D eigenvalue weighted by Crippen LogP contribution is -2.37. The number of hydrogen-bond acceptors (Lipinski definition) is 5. The number of aromatic nitrogens is 2. The molecule has 7 nitrogen and oxygen atoms in total. The average molecular weight is 431 g/mol. The van der Waals surface area contributed by atoms with Crippen LogP contribution in [0.4, 0.5) is 4.79 Å². The van der Waals surface area contributed by atoms with Crippen molar-refractivity contribution >= 4 is 46.5 Å². The van der Waals surface area contributed by atoms with Crippen molar-refractivity contribution in [2.45, 2.75) is 12.3 Å². The monoisotopic (exact) mass is 430 g/mol. The van der Waals surface area contributed by atoms with Crippen molar-refractivity contribution in [3.8, 4) is 0 Å². The van der Waals surface area contributed by atoms with E-state index in [1.807, 2.05) is 13.2 Å². The van der Waals surface area contributed by atoms with Crippen molar-refractivity contribution in [3.63, 3.8) is 0 Å². The molecule has 29 heavy (non-hydrogen) atoms. The van der Waals surface area contributed by atoms with Crippen LogP contribution >= 0.6 is 23.4 Å². The van der Waals surface area contributed by atoms with E-state index in [1.54, 1.807) is 41.2 Å². The fourth-order valence-electron chi connectivity index (χ4n) is 3.31. The number of nitrogens with one attached hydrogen (secondary N) is 1. The van der Waals surface area contributed by atoms with E-state index in [0.717, 1.165) is 34.2 Å². The molecule has 1 saturated heterocycles. The lowest BCUT2D eigenvalue weighted by atomic mass is 10.2. The Morgan fingerprint density at radius 2 is 2.10 bits per heavy atom. The summed E-state index contributed by atoms with van der Waals surface area (Å²) in [7, 11) is 1.85. The van der Waals surface area contributed by atoms with Gasteiger partial charge in [-0.15, -0.1) is 0 Å². The Balaban J connectivity index is 1.29. The first-order valence-corrected chi connectivity index (χ1v) is 10.4. The van der Waals surface area contributed by atoms with Gasteiger partial charge >= 0.3 is 0 Å². The first-order chi connectivity index (χ1) is 13.9. The third kappa shape index (κ3) is 4.38. The van der Waals surface area contributed by atoms with Gasteiger partial charge in [0.05, 0.1) is 11.1 Å². The molecule has 2 aromatic rings. The maximum absolute atomic E-state index is 12.5. The second-order valence-corrected chi connectivity index (χ2v) is 8.50. The number of rotatable bonds is 6. The highest BCUT2D eigenvalue weighted by molar-refractivity contribution is 8.18. The topological polar surface area (TPSA) is 84.3 Å². The molecular weight excluding hydrogens is 412 g/mol. The maximum Gasteiger partial charge on any atom is 0.293 e. The van der Waals surface area contributed by atoms with Gasteiger partial charge in [0, 0.05) is 37.3 Å². The molecule has 1 aliphatic carbocycles. The van der Waals surface area contributed by atoms with Gasteiger partial charge in [-0.05, 0) is 53.4 Å². The van der Waals surface area contributed by atoms with E-state index in [2.05, 4.69) is 10.4 Å². The highest BCUT2D eigenvalue weighted by Crippen LogP contribution is 2.47. The Bertz CT molecular complexity index is 1000. The number of thioether (sulfide) groups is 1. The van der Waals surface area contributed by atoms with Crippen LogP contribution in [0.2, 0.25) is 5.02 Å². The molecule has 3 amide bonds. The molecule has 2 heterocycles. The van der Waals surface area contributed by atoms with E-state index >= 15 is 0 Å². The van der Waals surface area contributed by atoms with Crippen LogP contribution in [0.15, 0.2) is 41.6 Å². The van der Waals surface area contributed by atoms with Crippen LogP contribution in [-0.4, -0.2) is 44.8 Å². The highest BCUT2D eigenvalue weighted by atomic mass is 35.5. The Hall–Kier alpha value is -2.58. The fourth-order valence-corrected chi connectivity index (χ4v) is 4.30. The van der Waals surface area contributed by atoms with Gasteiger partial charge in [-0.3, -0.25) is 24.0 Å². The van der Waals surface area contributed by atoms with Gasteiger partial charge in [-0.2, -0.15) is 5.10 Å². The van der Waals surface area contributed by atoms with Crippen LogP contribution < -0.4 is 5.32 Å². The SMILES string of the molecule is Cn1cc(C2CC2C(=O)NCCN2C(=O)S/C(=C/c3ccc(Cl)cc3)C2=O)cn1. The number of hydrogen-bond donors (Lipinski definition) is 1. The molecule has 2 atom stereocenters. The Morgan fingerprint density at radius 1 is 1.34 bits per heavy atom. The van der Waals surface area contributed by atoms with Crippen molar-refractivity contribution < 1.29 is 14.4 Å². The highest BCUT2D eigenvalue weighted by Gasteiger charge is 2.44. The number of imide groups is 1. The standard InChI is InChI=1S/C20H19ClN4O3S/c1-24-11-13(10-23-24)15-9-16(15)18(26)22-6-7-25-19(27)17(29-20(25)28)8-12-2-4-14(21)5-3-12/h2-5,8,10-11,15-16H,6-7,9H2,1H3,(H,22,26)/b17-8+. The third-order valence-corrected chi connectivity index (χ3v) is 6.12. The molecule has 2 unspecified atom stereocenters. The lowest BCUT2D eigenvalue weighted by molar-refractivity contribution is -0.124. The van der Waals surface area contributed by atoms with E-state index < -0.39 is 0 Å². The molecule has 1 N–H and O–H groups in total. The molecule has 150 valence electrons. The van der Waals surface area contributed by atoms with Crippen molar-refractivity contribution in [2.75, 3.05) is 13.1 Å². The summed E-state index contributed by atoms with van der Waals surface area (Å²) in [5.74, 6) is -0.270. The van der Waals surface area contributed by atoms with Crippen molar-refractivity contribution in [1.82, 2.24) is 20.0 Å². The molecule has 1 aliphatic heterocycles. The molecule has 0 radical (unpaired) electrons. The van der Waals surface area contributed by atoms with Crippen LogP contribution in [0.1, 0.15) is 23.5 Å². The zero-order valence-electron chi connectivity index (χ0n) is 15.7. The van der Waals surface area contributed by atoms with Gasteiger partial charge in [-0.1, -0.05) is 23.7 Å². The van der Waals surface area contributed by atoms with E-state index in [0.29, 0.717) is 9.93 Å². The van der Waals surface area contributed by atoms with Crippen LogP contribution in [-0.2, 0) is 16.6 Å². The lowest BCUT2D eigenvalue weighted by Gasteiger charge is -2.13. The van der Waals surface area contributed by atoms with E-state index in [4.69, 9.17) is 11.6 Å². The van der Waals surface area contributed by atoms with E-state index in [-0.39, 0.29) is 42.0 Å². The second kappa shape index (κ2) is 8.04. The molecule has 9 heteroatoms. The predicted molar refractivity (Wildman–Crippen MR) is 111 cm³/mol. The number of amides is 3. The van der Waals surface area contributed by atoms with Gasteiger partial charge in [-0.25, -0.2) is 0 Å². The molecule has 1 saturated carbocycles. The number of carbonyl (C=O) groups excluding carboxylic acids is 3. The Kier molecular flexibility index (Phi) is 5.47. The minimum Gasteiger partial charge on any atom is -0.354 e. The largest absolute Gasteiger partial charge is 0.354 e. The number of aryl methyl sites for hydroxylation is 1. The summed E-state index contributed by atoms with van der Waals surface area (Å²) < 4.78 is 1.72. The first kappa shape index (κ1) is 19.7. The minimum absolute atomic E-state index is 0.0532. The number of benzene rings is 1. The molecule has 2 aliphatic rings. The third-order valence-electron chi connectivity index (χ3n) is 4.96.